The number of nitrogens with two attached hydrogens (primary N) is 1. The van der Waals surface area contributed by atoms with Gasteiger partial charge in [-0.3, -0.25) is 0 Å². The van der Waals surface area contributed by atoms with E-state index >= 15 is 0 Å². The molecule has 3 heteroatoms. The Morgan fingerprint density at radius 1 is 0.538 bits per heavy atom. The van der Waals surface area contributed by atoms with Crippen LogP contribution in [0, 0.1) is 0 Å². The summed E-state index contributed by atoms with van der Waals surface area (Å²) in [4.78, 5) is 10.5. The molecule has 0 fully saturated rings. The number of carbonyl (C=O) groups excluding carboxylic acids is 1. The van der Waals surface area contributed by atoms with E-state index in [0.29, 0.717) is 0 Å². The molecule has 0 heterocycles. The number of hydrogen-bond acceptors (Lipinski definition) is 1. The standard InChI is InChI=1S/C23H48N2O/c1-2-3-4-5-6-7-8-9-10-11-12-13-14-15-16-17-18-19-20-21-22-25-23(24)26/h2-22H2,1H3,(H3,24,25,26). The van der Waals surface area contributed by atoms with Crippen molar-refractivity contribution in [2.24, 2.45) is 5.73 Å². The van der Waals surface area contributed by atoms with Crippen LogP contribution in [0.2, 0.25) is 0 Å². The van der Waals surface area contributed by atoms with E-state index in [1.54, 1.807) is 0 Å². The zero-order valence-electron chi connectivity index (χ0n) is 17.8. The quantitative estimate of drug-likeness (QED) is 0.203. The summed E-state index contributed by atoms with van der Waals surface area (Å²) >= 11 is 0. The first-order chi connectivity index (χ1) is 12.8. The van der Waals surface area contributed by atoms with E-state index < -0.39 is 6.03 Å². The van der Waals surface area contributed by atoms with Crippen molar-refractivity contribution in [3.8, 4) is 0 Å². The van der Waals surface area contributed by atoms with Gasteiger partial charge in [0, 0.05) is 6.54 Å². The number of hydrogen-bond donors (Lipinski definition) is 2. The molecular weight excluding hydrogens is 320 g/mol. The Hall–Kier alpha value is -0.730. The van der Waals surface area contributed by atoms with E-state index in [1.807, 2.05) is 0 Å². The highest BCUT2D eigenvalue weighted by atomic mass is 16.2. The number of unbranched alkanes of at least 4 members (excludes halogenated alkanes) is 19. The minimum atomic E-state index is -0.400. The molecule has 26 heavy (non-hydrogen) atoms. The van der Waals surface area contributed by atoms with Gasteiger partial charge in [0.25, 0.3) is 0 Å². The third-order valence-electron chi connectivity index (χ3n) is 5.33. The number of nitrogens with one attached hydrogen (secondary N) is 1. The van der Waals surface area contributed by atoms with Crippen LogP contribution in [-0.4, -0.2) is 12.6 Å². The Labute approximate surface area is 164 Å². The van der Waals surface area contributed by atoms with Crippen LogP contribution in [0.25, 0.3) is 0 Å². The first-order valence-electron chi connectivity index (χ1n) is 11.8. The minimum Gasteiger partial charge on any atom is -0.352 e. The molecule has 0 aliphatic heterocycles. The van der Waals surface area contributed by atoms with E-state index in [0.717, 1.165) is 13.0 Å². The molecule has 0 radical (unpaired) electrons. The molecule has 0 atom stereocenters. The van der Waals surface area contributed by atoms with Crippen LogP contribution < -0.4 is 11.1 Å². The molecule has 0 rings (SSSR count). The fourth-order valence-corrected chi connectivity index (χ4v) is 3.59. The van der Waals surface area contributed by atoms with Gasteiger partial charge in [0.05, 0.1) is 0 Å². The second kappa shape index (κ2) is 22.3. The molecule has 0 bridgehead atoms. The maximum absolute atomic E-state index is 10.5. The molecule has 3 N–H and O–H groups in total. The van der Waals surface area contributed by atoms with Gasteiger partial charge in [-0.05, 0) is 6.42 Å². The molecule has 0 saturated carbocycles. The summed E-state index contributed by atoms with van der Waals surface area (Å²) in [6.45, 7) is 3.02. The summed E-state index contributed by atoms with van der Waals surface area (Å²) in [5.41, 5.74) is 5.03. The first-order valence-corrected chi connectivity index (χ1v) is 11.8. The Bertz CT molecular complexity index is 281. The average Bonchev–Trinajstić information content (AvgIpc) is 2.62. The molecular formula is C23H48N2O. The molecule has 0 unspecified atom stereocenters. The van der Waals surface area contributed by atoms with Crippen molar-refractivity contribution in [1.82, 2.24) is 5.32 Å². The van der Waals surface area contributed by atoms with Gasteiger partial charge in [0.15, 0.2) is 0 Å². The summed E-state index contributed by atoms with van der Waals surface area (Å²) in [5.74, 6) is 0. The maximum atomic E-state index is 10.5. The van der Waals surface area contributed by atoms with E-state index in [1.165, 1.54) is 122 Å². The summed E-state index contributed by atoms with van der Waals surface area (Å²) in [6, 6.07) is -0.400. The largest absolute Gasteiger partial charge is 0.352 e. The van der Waals surface area contributed by atoms with Crippen LogP contribution in [0.5, 0.6) is 0 Å². The molecule has 0 aromatic carbocycles. The molecule has 0 aromatic heterocycles. The number of primary amides is 1. The zero-order chi connectivity index (χ0) is 19.1. The van der Waals surface area contributed by atoms with Crippen molar-refractivity contribution in [2.75, 3.05) is 6.54 Å². The predicted molar refractivity (Wildman–Crippen MR) is 116 cm³/mol. The van der Waals surface area contributed by atoms with Crippen molar-refractivity contribution < 1.29 is 4.79 Å². The number of urea groups is 1. The van der Waals surface area contributed by atoms with Gasteiger partial charge < -0.3 is 11.1 Å². The lowest BCUT2D eigenvalue weighted by atomic mass is 10.0. The van der Waals surface area contributed by atoms with Crippen molar-refractivity contribution in [3.05, 3.63) is 0 Å². The van der Waals surface area contributed by atoms with Crippen molar-refractivity contribution in [1.29, 1.82) is 0 Å². The van der Waals surface area contributed by atoms with Gasteiger partial charge in [0.1, 0.15) is 0 Å². The summed E-state index contributed by atoms with van der Waals surface area (Å²) in [6.07, 6.45) is 27.9. The van der Waals surface area contributed by atoms with Gasteiger partial charge in [-0.15, -0.1) is 0 Å². The lowest BCUT2D eigenvalue weighted by molar-refractivity contribution is 0.248. The summed E-state index contributed by atoms with van der Waals surface area (Å²) in [7, 11) is 0. The topological polar surface area (TPSA) is 55.1 Å². The molecule has 0 aromatic rings. The lowest BCUT2D eigenvalue weighted by Gasteiger charge is -2.04. The molecule has 0 saturated heterocycles. The number of rotatable bonds is 21. The van der Waals surface area contributed by atoms with Crippen molar-refractivity contribution >= 4 is 6.03 Å². The smallest absolute Gasteiger partial charge is 0.312 e. The van der Waals surface area contributed by atoms with Crippen LogP contribution in [-0.2, 0) is 0 Å². The second-order valence-corrected chi connectivity index (χ2v) is 8.01. The second-order valence-electron chi connectivity index (χ2n) is 8.01. The van der Waals surface area contributed by atoms with Crippen LogP contribution in [0.1, 0.15) is 135 Å². The Morgan fingerprint density at radius 3 is 1.08 bits per heavy atom. The average molecular weight is 369 g/mol. The highest BCUT2D eigenvalue weighted by molar-refractivity contribution is 5.71. The van der Waals surface area contributed by atoms with E-state index in [2.05, 4.69) is 12.2 Å². The number of amides is 2. The van der Waals surface area contributed by atoms with E-state index in [-0.39, 0.29) is 0 Å². The van der Waals surface area contributed by atoms with Crippen LogP contribution in [0.3, 0.4) is 0 Å². The number of carbonyl (C=O) groups is 1. The Kier molecular flexibility index (Phi) is 21.7. The fraction of sp³-hybridized carbons (Fsp3) is 0.957. The Morgan fingerprint density at radius 2 is 0.808 bits per heavy atom. The fourth-order valence-electron chi connectivity index (χ4n) is 3.59. The van der Waals surface area contributed by atoms with E-state index in [4.69, 9.17) is 5.73 Å². The molecule has 156 valence electrons. The van der Waals surface area contributed by atoms with Crippen LogP contribution in [0.15, 0.2) is 0 Å². The SMILES string of the molecule is CCCCCCCCCCCCCCCCCCCCCCNC(N)=O. The molecule has 0 aliphatic rings. The maximum Gasteiger partial charge on any atom is 0.312 e. The third-order valence-corrected chi connectivity index (χ3v) is 5.33. The van der Waals surface area contributed by atoms with Gasteiger partial charge in [-0.2, -0.15) is 0 Å². The van der Waals surface area contributed by atoms with Crippen molar-refractivity contribution in [2.45, 2.75) is 135 Å². The minimum absolute atomic E-state index is 0.400. The van der Waals surface area contributed by atoms with Gasteiger partial charge in [0.2, 0.25) is 0 Å². The molecule has 0 aliphatic carbocycles. The van der Waals surface area contributed by atoms with Gasteiger partial charge >= 0.3 is 6.03 Å². The first kappa shape index (κ1) is 25.3. The third kappa shape index (κ3) is 23.3. The highest BCUT2D eigenvalue weighted by Gasteiger charge is 1.96. The zero-order valence-corrected chi connectivity index (χ0v) is 17.8. The summed E-state index contributed by atoms with van der Waals surface area (Å²) in [5, 5.41) is 2.64. The normalized spacial score (nSPS) is 11.0. The van der Waals surface area contributed by atoms with Crippen LogP contribution >= 0.6 is 0 Å². The van der Waals surface area contributed by atoms with Gasteiger partial charge in [-0.1, -0.05) is 129 Å². The van der Waals surface area contributed by atoms with Gasteiger partial charge in [-0.25, -0.2) is 4.79 Å². The highest BCUT2D eigenvalue weighted by Crippen LogP contribution is 2.14. The van der Waals surface area contributed by atoms with Crippen molar-refractivity contribution in [3.63, 3.8) is 0 Å². The molecule has 3 nitrogen and oxygen atoms in total. The van der Waals surface area contributed by atoms with Crippen LogP contribution in [0.4, 0.5) is 4.79 Å². The monoisotopic (exact) mass is 368 g/mol. The van der Waals surface area contributed by atoms with E-state index in [9.17, 15) is 4.79 Å². The lowest BCUT2D eigenvalue weighted by Crippen LogP contribution is -2.29. The Balaban J connectivity index is 2.98. The summed E-state index contributed by atoms with van der Waals surface area (Å²) < 4.78 is 0. The molecule has 0 spiro atoms. The molecule has 2 amide bonds. The predicted octanol–water partition coefficient (Wildman–Crippen LogP) is 7.48.